The third-order valence-electron chi connectivity index (χ3n) is 3.89. The molecular weight excluding hydrogens is 304 g/mol. The van der Waals surface area contributed by atoms with Gasteiger partial charge in [-0.2, -0.15) is 0 Å². The molecule has 110 valence electrons. The number of hydrogen-bond acceptors (Lipinski definition) is 3. The average Bonchev–Trinajstić information content (AvgIpc) is 2.98. The summed E-state index contributed by atoms with van der Waals surface area (Å²) in [5.41, 5.74) is 1.55. The second kappa shape index (κ2) is 6.16. The van der Waals surface area contributed by atoms with Crippen LogP contribution in [0.25, 0.3) is 10.6 Å². The zero-order valence-electron chi connectivity index (χ0n) is 11.9. The van der Waals surface area contributed by atoms with Crippen LogP contribution in [-0.4, -0.2) is 28.9 Å². The Hall–Kier alpha value is -1.39. The summed E-state index contributed by atoms with van der Waals surface area (Å²) in [6.07, 6.45) is 2.17. The number of piperidine rings is 1. The SMILES string of the molecule is CC1CCN(C(=O)c2csc(-c3ccc(Cl)cc3)n2)CC1. The summed E-state index contributed by atoms with van der Waals surface area (Å²) in [6, 6.07) is 7.54. The second-order valence-corrected chi connectivity index (χ2v) is 6.81. The summed E-state index contributed by atoms with van der Waals surface area (Å²) in [5.74, 6) is 0.771. The van der Waals surface area contributed by atoms with E-state index in [1.165, 1.54) is 11.3 Å². The minimum atomic E-state index is 0.0540. The van der Waals surface area contributed by atoms with Crippen molar-refractivity contribution in [1.82, 2.24) is 9.88 Å². The number of hydrogen-bond donors (Lipinski definition) is 0. The lowest BCUT2D eigenvalue weighted by Crippen LogP contribution is -2.38. The van der Waals surface area contributed by atoms with E-state index in [9.17, 15) is 4.79 Å². The van der Waals surface area contributed by atoms with Gasteiger partial charge in [0.15, 0.2) is 0 Å². The van der Waals surface area contributed by atoms with Gasteiger partial charge in [0.1, 0.15) is 10.7 Å². The minimum Gasteiger partial charge on any atom is -0.337 e. The van der Waals surface area contributed by atoms with E-state index >= 15 is 0 Å². The first-order valence-electron chi connectivity index (χ1n) is 7.14. The van der Waals surface area contributed by atoms with E-state index in [0.717, 1.165) is 36.5 Å². The molecule has 1 aromatic heterocycles. The van der Waals surface area contributed by atoms with Gasteiger partial charge in [-0.15, -0.1) is 11.3 Å². The molecular formula is C16H17ClN2OS. The third-order valence-corrected chi connectivity index (χ3v) is 5.03. The highest BCUT2D eigenvalue weighted by molar-refractivity contribution is 7.13. The Kier molecular flexibility index (Phi) is 4.27. The van der Waals surface area contributed by atoms with Crippen LogP contribution in [0, 0.1) is 5.92 Å². The van der Waals surface area contributed by atoms with Crippen molar-refractivity contribution in [3.63, 3.8) is 0 Å². The van der Waals surface area contributed by atoms with Gasteiger partial charge in [-0.3, -0.25) is 4.79 Å². The van der Waals surface area contributed by atoms with Crippen molar-refractivity contribution in [3.8, 4) is 10.6 Å². The number of amides is 1. The van der Waals surface area contributed by atoms with Crippen molar-refractivity contribution in [2.45, 2.75) is 19.8 Å². The summed E-state index contributed by atoms with van der Waals surface area (Å²) in [5, 5.41) is 3.42. The number of aromatic nitrogens is 1. The van der Waals surface area contributed by atoms with Crippen LogP contribution in [0.1, 0.15) is 30.3 Å². The van der Waals surface area contributed by atoms with Gasteiger partial charge in [-0.05, 0) is 30.9 Å². The number of thiazole rings is 1. The molecule has 1 aliphatic heterocycles. The highest BCUT2D eigenvalue weighted by Crippen LogP contribution is 2.26. The Bertz CT molecular complexity index is 630. The molecule has 0 bridgehead atoms. The normalized spacial score (nSPS) is 16.2. The van der Waals surface area contributed by atoms with Crippen molar-refractivity contribution in [1.29, 1.82) is 0 Å². The quantitative estimate of drug-likeness (QED) is 0.825. The van der Waals surface area contributed by atoms with Crippen LogP contribution in [0.3, 0.4) is 0 Å². The first-order chi connectivity index (χ1) is 10.1. The lowest BCUT2D eigenvalue weighted by atomic mass is 9.99. The zero-order valence-corrected chi connectivity index (χ0v) is 13.5. The molecule has 3 nitrogen and oxygen atoms in total. The van der Waals surface area contributed by atoms with E-state index in [0.29, 0.717) is 16.6 Å². The molecule has 0 radical (unpaired) electrons. The first kappa shape index (κ1) is 14.5. The van der Waals surface area contributed by atoms with Crippen molar-refractivity contribution < 1.29 is 4.79 Å². The molecule has 1 fully saturated rings. The smallest absolute Gasteiger partial charge is 0.273 e. The molecule has 0 N–H and O–H groups in total. The fraction of sp³-hybridized carbons (Fsp3) is 0.375. The predicted octanol–water partition coefficient (Wildman–Crippen LogP) is 4.34. The number of benzene rings is 1. The van der Waals surface area contributed by atoms with Crippen LogP contribution in [0.2, 0.25) is 5.02 Å². The molecule has 2 aromatic rings. The molecule has 0 atom stereocenters. The minimum absolute atomic E-state index is 0.0540. The molecule has 0 saturated carbocycles. The van der Waals surface area contributed by atoms with E-state index in [1.807, 2.05) is 34.5 Å². The number of carbonyl (C=O) groups excluding carboxylic acids is 1. The van der Waals surface area contributed by atoms with E-state index < -0.39 is 0 Å². The largest absolute Gasteiger partial charge is 0.337 e. The molecule has 1 amide bonds. The summed E-state index contributed by atoms with van der Waals surface area (Å²) < 4.78 is 0. The molecule has 0 unspecified atom stereocenters. The second-order valence-electron chi connectivity index (χ2n) is 5.52. The third kappa shape index (κ3) is 3.27. The van der Waals surface area contributed by atoms with Crippen LogP contribution >= 0.6 is 22.9 Å². The van der Waals surface area contributed by atoms with Crippen molar-refractivity contribution in [3.05, 3.63) is 40.4 Å². The number of halogens is 1. The number of nitrogens with zero attached hydrogens (tertiary/aromatic N) is 2. The predicted molar refractivity (Wildman–Crippen MR) is 86.9 cm³/mol. The maximum atomic E-state index is 12.5. The van der Waals surface area contributed by atoms with E-state index in [-0.39, 0.29) is 5.91 Å². The van der Waals surface area contributed by atoms with Crippen LogP contribution in [0.5, 0.6) is 0 Å². The Morgan fingerprint density at radius 1 is 1.29 bits per heavy atom. The topological polar surface area (TPSA) is 33.2 Å². The highest BCUT2D eigenvalue weighted by atomic mass is 35.5. The monoisotopic (exact) mass is 320 g/mol. The highest BCUT2D eigenvalue weighted by Gasteiger charge is 2.23. The molecule has 2 heterocycles. The van der Waals surface area contributed by atoms with Gasteiger partial charge < -0.3 is 4.90 Å². The van der Waals surface area contributed by atoms with Gasteiger partial charge in [0.25, 0.3) is 5.91 Å². The summed E-state index contributed by atoms with van der Waals surface area (Å²) in [6.45, 7) is 3.92. The molecule has 3 rings (SSSR count). The van der Waals surface area contributed by atoms with E-state index in [2.05, 4.69) is 11.9 Å². The van der Waals surface area contributed by atoms with Crippen molar-refractivity contribution in [2.75, 3.05) is 13.1 Å². The molecule has 1 aromatic carbocycles. The van der Waals surface area contributed by atoms with Gasteiger partial charge in [0, 0.05) is 29.1 Å². The zero-order chi connectivity index (χ0) is 14.8. The molecule has 1 saturated heterocycles. The Morgan fingerprint density at radius 2 is 1.95 bits per heavy atom. The van der Waals surface area contributed by atoms with Crippen molar-refractivity contribution in [2.24, 2.45) is 5.92 Å². The maximum absolute atomic E-state index is 12.5. The lowest BCUT2D eigenvalue weighted by molar-refractivity contribution is 0.0692. The van der Waals surface area contributed by atoms with Gasteiger partial charge in [-0.25, -0.2) is 4.98 Å². The number of likely N-dealkylation sites (tertiary alicyclic amines) is 1. The maximum Gasteiger partial charge on any atom is 0.273 e. The van der Waals surface area contributed by atoms with E-state index in [4.69, 9.17) is 11.6 Å². The summed E-state index contributed by atoms with van der Waals surface area (Å²) in [7, 11) is 0. The number of carbonyl (C=O) groups is 1. The molecule has 0 aliphatic carbocycles. The summed E-state index contributed by atoms with van der Waals surface area (Å²) in [4.78, 5) is 18.9. The summed E-state index contributed by atoms with van der Waals surface area (Å²) >= 11 is 7.39. The average molecular weight is 321 g/mol. The van der Waals surface area contributed by atoms with Crippen LogP contribution in [-0.2, 0) is 0 Å². The van der Waals surface area contributed by atoms with E-state index in [1.54, 1.807) is 0 Å². The molecule has 1 aliphatic rings. The van der Waals surface area contributed by atoms with Gasteiger partial charge in [0.2, 0.25) is 0 Å². The Balaban J connectivity index is 1.75. The Labute approximate surface area is 133 Å². The lowest BCUT2D eigenvalue weighted by Gasteiger charge is -2.29. The standard InChI is InChI=1S/C16H17ClN2OS/c1-11-6-8-19(9-7-11)16(20)14-10-21-15(18-14)12-2-4-13(17)5-3-12/h2-5,10-11H,6-9H2,1H3. The van der Waals surface area contributed by atoms with Crippen LogP contribution in [0.4, 0.5) is 0 Å². The molecule has 5 heteroatoms. The van der Waals surface area contributed by atoms with Crippen molar-refractivity contribution >= 4 is 28.8 Å². The fourth-order valence-corrected chi connectivity index (χ4v) is 3.40. The molecule has 0 spiro atoms. The van der Waals surface area contributed by atoms with Gasteiger partial charge in [-0.1, -0.05) is 30.7 Å². The Morgan fingerprint density at radius 3 is 2.62 bits per heavy atom. The van der Waals surface area contributed by atoms with Crippen LogP contribution in [0.15, 0.2) is 29.6 Å². The van der Waals surface area contributed by atoms with Crippen LogP contribution < -0.4 is 0 Å². The molecule has 21 heavy (non-hydrogen) atoms. The first-order valence-corrected chi connectivity index (χ1v) is 8.40. The number of rotatable bonds is 2. The van der Waals surface area contributed by atoms with Gasteiger partial charge in [0.05, 0.1) is 0 Å². The van der Waals surface area contributed by atoms with Gasteiger partial charge >= 0.3 is 0 Å². The fourth-order valence-electron chi connectivity index (χ4n) is 2.47.